The Morgan fingerprint density at radius 1 is 1.19 bits per heavy atom. The molecular formula is C25H21N7O5. The number of nitriles is 1. The third kappa shape index (κ3) is 4.56. The van der Waals surface area contributed by atoms with Crippen LogP contribution in [0.1, 0.15) is 34.2 Å². The van der Waals surface area contributed by atoms with Crippen molar-refractivity contribution in [3.63, 3.8) is 0 Å². The molecule has 0 saturated carbocycles. The number of nitrogens with one attached hydrogen (secondary N) is 1. The highest BCUT2D eigenvalue weighted by Crippen LogP contribution is 2.29. The smallest absolute Gasteiger partial charge is 0.251 e. The summed E-state index contributed by atoms with van der Waals surface area (Å²) in [6.07, 6.45) is 0. The van der Waals surface area contributed by atoms with Gasteiger partial charge in [-0.1, -0.05) is 29.4 Å². The molecule has 3 N–H and O–H groups in total. The number of carbonyl (C=O) groups excluding carboxylic acids is 1. The molecule has 0 saturated heterocycles. The molecule has 3 heterocycles. The SMILES string of the molecule is C[C@H](CO)NC(=O)c1ccc(COc2nn3c(-c4cc(CO)on4)nnc3c3ccccc23)c(C#N)c1. The number of aliphatic hydroxyl groups excluding tert-OH is 2. The van der Waals surface area contributed by atoms with Crippen molar-refractivity contribution in [3.05, 3.63) is 71.0 Å². The summed E-state index contributed by atoms with van der Waals surface area (Å²) in [5.41, 5.74) is 1.97. The molecule has 0 radical (unpaired) electrons. The van der Waals surface area contributed by atoms with Crippen LogP contribution < -0.4 is 10.1 Å². The van der Waals surface area contributed by atoms with Crippen molar-refractivity contribution >= 4 is 22.3 Å². The van der Waals surface area contributed by atoms with Gasteiger partial charge in [0.1, 0.15) is 13.2 Å². The second-order valence-electron chi connectivity index (χ2n) is 8.28. The highest BCUT2D eigenvalue weighted by molar-refractivity contribution is 5.97. The van der Waals surface area contributed by atoms with Crippen LogP contribution in [0, 0.1) is 11.3 Å². The van der Waals surface area contributed by atoms with Crippen molar-refractivity contribution in [1.29, 1.82) is 5.26 Å². The predicted octanol–water partition coefficient (Wildman–Crippen LogP) is 1.99. The first-order chi connectivity index (χ1) is 18.0. The number of nitrogens with zero attached hydrogens (tertiary/aromatic N) is 6. The van der Waals surface area contributed by atoms with Crippen LogP contribution in [0.25, 0.3) is 27.9 Å². The number of aliphatic hydroxyl groups is 2. The van der Waals surface area contributed by atoms with E-state index in [4.69, 9.17) is 14.4 Å². The first-order valence-corrected chi connectivity index (χ1v) is 11.3. The highest BCUT2D eigenvalue weighted by atomic mass is 16.5. The molecule has 0 aliphatic heterocycles. The van der Waals surface area contributed by atoms with Gasteiger partial charge < -0.3 is 24.8 Å². The van der Waals surface area contributed by atoms with Crippen molar-refractivity contribution in [2.24, 2.45) is 0 Å². The van der Waals surface area contributed by atoms with E-state index in [2.05, 4.69) is 31.8 Å². The first kappa shape index (κ1) is 23.9. The Hall–Kier alpha value is -4.86. The standard InChI is InChI=1S/C25H21N7O5/c1-14(11-33)27-24(35)15-6-7-16(17(8-15)10-26)13-36-25-20-5-3-2-4-19(20)22-28-29-23(32(22)30-25)21-9-18(12-34)37-31-21/h2-9,14,33-34H,11-13H2,1H3,(H,27,35)/t14-/m1/s1. The second kappa shape index (κ2) is 10.0. The van der Waals surface area contributed by atoms with Crippen LogP contribution in [-0.4, -0.2) is 53.7 Å². The van der Waals surface area contributed by atoms with Gasteiger partial charge in [-0.05, 0) is 25.1 Å². The molecule has 37 heavy (non-hydrogen) atoms. The maximum atomic E-state index is 12.4. The second-order valence-corrected chi connectivity index (χ2v) is 8.28. The summed E-state index contributed by atoms with van der Waals surface area (Å²) in [6, 6.07) is 15.4. The fourth-order valence-corrected chi connectivity index (χ4v) is 3.76. The summed E-state index contributed by atoms with van der Waals surface area (Å²) in [6.45, 7) is 1.18. The number of aromatic nitrogens is 5. The minimum Gasteiger partial charge on any atom is -0.471 e. The average molecular weight is 499 g/mol. The van der Waals surface area contributed by atoms with Crippen molar-refractivity contribution in [1.82, 2.24) is 30.3 Å². The van der Waals surface area contributed by atoms with Crippen LogP contribution in [0.15, 0.2) is 53.1 Å². The van der Waals surface area contributed by atoms with Crippen LogP contribution in [0.4, 0.5) is 0 Å². The number of rotatable bonds is 8. The molecule has 1 atom stereocenters. The van der Waals surface area contributed by atoms with E-state index < -0.39 is 6.04 Å². The quantitative estimate of drug-likeness (QED) is 0.287. The number of benzene rings is 2. The lowest BCUT2D eigenvalue weighted by atomic mass is 10.0. The molecule has 0 aliphatic carbocycles. The molecule has 5 rings (SSSR count). The molecule has 0 aliphatic rings. The molecule has 12 nitrogen and oxygen atoms in total. The Kier molecular flexibility index (Phi) is 6.46. The lowest BCUT2D eigenvalue weighted by molar-refractivity contribution is 0.0922. The Balaban J connectivity index is 1.49. The predicted molar refractivity (Wildman–Crippen MR) is 129 cm³/mol. The molecule has 3 aromatic heterocycles. The third-order valence-electron chi connectivity index (χ3n) is 5.68. The van der Waals surface area contributed by atoms with Crippen molar-refractivity contribution in [2.75, 3.05) is 6.61 Å². The average Bonchev–Trinajstić information content (AvgIpc) is 3.58. The fraction of sp³-hybridized carbons (Fsp3) is 0.200. The van der Waals surface area contributed by atoms with Gasteiger partial charge in [0.05, 0.1) is 18.2 Å². The Labute approximate surface area is 209 Å². The van der Waals surface area contributed by atoms with E-state index in [0.29, 0.717) is 33.7 Å². The normalized spacial score (nSPS) is 11.9. The van der Waals surface area contributed by atoms with Crippen molar-refractivity contribution < 1.29 is 24.3 Å². The van der Waals surface area contributed by atoms with Crippen LogP contribution in [0.2, 0.25) is 0 Å². The summed E-state index contributed by atoms with van der Waals surface area (Å²) in [5.74, 6) is 0.466. The molecular weight excluding hydrogens is 478 g/mol. The molecule has 0 bridgehead atoms. The molecule has 0 fully saturated rings. The number of fused-ring (bicyclic) bond motifs is 3. The molecule has 5 aromatic rings. The van der Waals surface area contributed by atoms with Gasteiger partial charge in [0.15, 0.2) is 17.1 Å². The van der Waals surface area contributed by atoms with E-state index in [1.807, 2.05) is 24.3 Å². The van der Waals surface area contributed by atoms with Gasteiger partial charge in [0.2, 0.25) is 11.7 Å². The van der Waals surface area contributed by atoms with E-state index >= 15 is 0 Å². The molecule has 12 heteroatoms. The lowest BCUT2D eigenvalue weighted by Crippen LogP contribution is -2.35. The van der Waals surface area contributed by atoms with Gasteiger partial charge in [0.25, 0.3) is 5.91 Å². The first-order valence-electron chi connectivity index (χ1n) is 11.3. The molecule has 186 valence electrons. The molecule has 1 amide bonds. The number of carbonyl (C=O) groups is 1. The zero-order valence-corrected chi connectivity index (χ0v) is 19.6. The summed E-state index contributed by atoms with van der Waals surface area (Å²) in [7, 11) is 0. The third-order valence-corrected chi connectivity index (χ3v) is 5.68. The Morgan fingerprint density at radius 3 is 2.73 bits per heavy atom. The number of hydrogen-bond acceptors (Lipinski definition) is 10. The van der Waals surface area contributed by atoms with Crippen LogP contribution in [0.5, 0.6) is 5.88 Å². The van der Waals surface area contributed by atoms with Crippen LogP contribution >= 0.6 is 0 Å². The maximum Gasteiger partial charge on any atom is 0.251 e. The summed E-state index contributed by atoms with van der Waals surface area (Å²) in [5, 5.41) is 49.2. The van der Waals surface area contributed by atoms with E-state index in [0.717, 1.165) is 5.39 Å². The van der Waals surface area contributed by atoms with Gasteiger partial charge in [0, 0.05) is 34.0 Å². The zero-order valence-electron chi connectivity index (χ0n) is 19.6. The largest absolute Gasteiger partial charge is 0.471 e. The maximum absolute atomic E-state index is 12.4. The van der Waals surface area contributed by atoms with Gasteiger partial charge in [-0.25, -0.2) is 0 Å². The zero-order chi connectivity index (χ0) is 25.9. The van der Waals surface area contributed by atoms with Gasteiger partial charge in [-0.15, -0.1) is 15.3 Å². The number of ether oxygens (including phenoxy) is 1. The lowest BCUT2D eigenvalue weighted by Gasteiger charge is -2.13. The minimum atomic E-state index is -0.412. The van der Waals surface area contributed by atoms with Gasteiger partial charge in [-0.3, -0.25) is 4.79 Å². The van der Waals surface area contributed by atoms with Crippen molar-refractivity contribution in [2.45, 2.75) is 26.2 Å². The van der Waals surface area contributed by atoms with Gasteiger partial charge >= 0.3 is 0 Å². The molecule has 2 aromatic carbocycles. The van der Waals surface area contributed by atoms with E-state index in [9.17, 15) is 15.2 Å². The molecule has 0 spiro atoms. The number of hydrogen-bond donors (Lipinski definition) is 3. The van der Waals surface area contributed by atoms with Crippen molar-refractivity contribution in [3.8, 4) is 23.5 Å². The van der Waals surface area contributed by atoms with E-state index in [1.165, 1.54) is 10.6 Å². The Bertz CT molecular complexity index is 1650. The fourth-order valence-electron chi connectivity index (χ4n) is 3.76. The Morgan fingerprint density at radius 2 is 2.00 bits per heavy atom. The summed E-state index contributed by atoms with van der Waals surface area (Å²) >= 11 is 0. The summed E-state index contributed by atoms with van der Waals surface area (Å²) in [4.78, 5) is 12.4. The van der Waals surface area contributed by atoms with E-state index in [1.54, 1.807) is 25.1 Å². The number of amides is 1. The van der Waals surface area contributed by atoms with E-state index in [-0.39, 0.29) is 42.9 Å². The van der Waals surface area contributed by atoms with Gasteiger partial charge in [-0.2, -0.15) is 9.78 Å². The molecule has 0 unspecified atom stereocenters. The highest BCUT2D eigenvalue weighted by Gasteiger charge is 2.19. The van der Waals surface area contributed by atoms with Crippen LogP contribution in [0.3, 0.4) is 0 Å². The monoisotopic (exact) mass is 499 g/mol. The minimum absolute atomic E-state index is 0.0103. The topological polar surface area (TPSA) is 172 Å². The summed E-state index contributed by atoms with van der Waals surface area (Å²) < 4.78 is 12.6. The van der Waals surface area contributed by atoms with Crippen LogP contribution in [-0.2, 0) is 13.2 Å².